The summed E-state index contributed by atoms with van der Waals surface area (Å²) < 4.78 is 0. The number of non-ortho nitro benzene ring substituents is 2. The third kappa shape index (κ3) is 6.43. The summed E-state index contributed by atoms with van der Waals surface area (Å²) in [5, 5.41) is 24.2. The van der Waals surface area contributed by atoms with E-state index in [2.05, 4.69) is 50.5 Å². The Hall–Kier alpha value is -3.38. The van der Waals surface area contributed by atoms with Crippen LogP contribution in [0.3, 0.4) is 0 Å². The lowest BCUT2D eigenvalue weighted by atomic mass is 9.96. The van der Waals surface area contributed by atoms with Gasteiger partial charge in [0.2, 0.25) is 0 Å². The number of hydrogen-bond donors (Lipinski definition) is 0. The van der Waals surface area contributed by atoms with Crippen LogP contribution in [0.1, 0.15) is 45.7 Å². The molecule has 10 nitrogen and oxygen atoms in total. The first-order valence-corrected chi connectivity index (χ1v) is 15.1. The van der Waals surface area contributed by atoms with E-state index in [1.807, 2.05) is 20.9 Å². The van der Waals surface area contributed by atoms with Crippen LogP contribution in [-0.2, 0) is 0 Å². The molecule has 41 heavy (non-hydrogen) atoms. The van der Waals surface area contributed by atoms with Gasteiger partial charge in [-0.3, -0.25) is 20.2 Å². The molecule has 0 aliphatic carbocycles. The van der Waals surface area contributed by atoms with Gasteiger partial charge in [0, 0.05) is 49.1 Å². The van der Waals surface area contributed by atoms with E-state index in [-0.39, 0.29) is 32.6 Å². The van der Waals surface area contributed by atoms with Gasteiger partial charge in [0.05, 0.1) is 32.0 Å². The number of aryl methyl sites for hydroxylation is 2. The van der Waals surface area contributed by atoms with E-state index in [9.17, 15) is 20.2 Å². The molecule has 0 saturated carbocycles. The summed E-state index contributed by atoms with van der Waals surface area (Å²) in [6, 6.07) is 9.53. The predicted molar refractivity (Wildman–Crippen MR) is 170 cm³/mol. The third-order valence-corrected chi connectivity index (χ3v) is 10.6. The number of amidine groups is 2. The molecule has 218 valence electrons. The van der Waals surface area contributed by atoms with Crippen molar-refractivity contribution in [3.8, 4) is 0 Å². The first-order chi connectivity index (χ1) is 19.1. The molecule has 2 heterocycles. The van der Waals surface area contributed by atoms with Crippen molar-refractivity contribution < 1.29 is 9.85 Å². The van der Waals surface area contributed by atoms with E-state index in [0.717, 1.165) is 38.6 Å². The van der Waals surface area contributed by atoms with Crippen LogP contribution in [-0.4, -0.2) is 65.7 Å². The van der Waals surface area contributed by atoms with Crippen molar-refractivity contribution >= 4 is 56.6 Å². The number of benzene rings is 2. The van der Waals surface area contributed by atoms with Crippen LogP contribution in [0.4, 0.5) is 22.7 Å². The van der Waals surface area contributed by atoms with Gasteiger partial charge in [0.15, 0.2) is 10.3 Å². The second-order valence-corrected chi connectivity index (χ2v) is 13.7. The third-order valence-electron chi connectivity index (χ3n) is 7.65. The minimum atomic E-state index is -0.392. The Morgan fingerprint density at radius 1 is 0.976 bits per heavy atom. The van der Waals surface area contributed by atoms with Crippen molar-refractivity contribution in [1.82, 2.24) is 9.80 Å². The molecule has 2 aliphatic rings. The molecule has 4 rings (SSSR count). The molecule has 12 heteroatoms. The van der Waals surface area contributed by atoms with Gasteiger partial charge in [-0.25, -0.2) is 9.98 Å². The Morgan fingerprint density at radius 3 is 1.98 bits per heavy atom. The van der Waals surface area contributed by atoms with E-state index < -0.39 is 4.92 Å². The molecule has 0 radical (unpaired) electrons. The van der Waals surface area contributed by atoms with Crippen molar-refractivity contribution in [1.29, 1.82) is 0 Å². The second kappa shape index (κ2) is 11.5. The fraction of sp³-hybridized carbons (Fsp3) is 0.448. The SMILES string of the molecule is CC(=CC1SC(=Nc2ccc([N+](=O)[O-])cc2C)N(C)C1(C)C)CN1C(=Nc2ccc([N+](=O)[O-])cc2C)SCC1(C)C. The van der Waals surface area contributed by atoms with Crippen molar-refractivity contribution in [2.45, 2.75) is 64.8 Å². The first kappa shape index (κ1) is 30.6. The van der Waals surface area contributed by atoms with Gasteiger partial charge in [-0.15, -0.1) is 0 Å². The fourth-order valence-electron chi connectivity index (χ4n) is 4.67. The van der Waals surface area contributed by atoms with E-state index in [1.54, 1.807) is 47.8 Å². The zero-order chi connectivity index (χ0) is 30.3. The lowest BCUT2D eigenvalue weighted by molar-refractivity contribution is -0.385. The molecular weight excluding hydrogens is 560 g/mol. The summed E-state index contributed by atoms with van der Waals surface area (Å²) in [6.45, 7) is 15.3. The summed E-state index contributed by atoms with van der Waals surface area (Å²) in [7, 11) is 2.03. The van der Waals surface area contributed by atoms with Crippen LogP contribution in [0.5, 0.6) is 0 Å². The maximum absolute atomic E-state index is 11.2. The maximum atomic E-state index is 11.2. The Labute approximate surface area is 249 Å². The van der Waals surface area contributed by atoms with Gasteiger partial charge < -0.3 is 9.80 Å². The van der Waals surface area contributed by atoms with E-state index >= 15 is 0 Å². The monoisotopic (exact) mass is 596 g/mol. The van der Waals surface area contributed by atoms with Gasteiger partial charge in [-0.05, 0) is 71.7 Å². The normalized spacial score (nSPS) is 22.1. The fourth-order valence-corrected chi connectivity index (χ4v) is 7.45. The Bertz CT molecular complexity index is 1480. The van der Waals surface area contributed by atoms with Gasteiger partial charge in [0.1, 0.15) is 0 Å². The topological polar surface area (TPSA) is 117 Å². The van der Waals surface area contributed by atoms with Crippen LogP contribution in [0, 0.1) is 34.1 Å². The van der Waals surface area contributed by atoms with Crippen LogP contribution in [0.2, 0.25) is 0 Å². The number of nitrogens with zero attached hydrogens (tertiary/aromatic N) is 6. The number of nitro benzene ring substituents is 2. The molecule has 0 amide bonds. The lowest BCUT2D eigenvalue weighted by Crippen LogP contribution is -2.44. The predicted octanol–water partition coefficient (Wildman–Crippen LogP) is 7.39. The molecular formula is C29H36N6O4S2. The standard InChI is InChI=1S/C29H36N6O4S2/c1-18(16-33-27(40-17-28(33,4)5)31-24-12-10-22(35(38)39)15-20(24)3)13-25-29(6,7)32(8)26(41-25)30-23-11-9-21(34(36)37)14-19(23)2/h9-15,25H,16-17H2,1-8H3. The van der Waals surface area contributed by atoms with Crippen molar-refractivity contribution in [3.63, 3.8) is 0 Å². The molecule has 2 aromatic carbocycles. The van der Waals surface area contributed by atoms with Crippen LogP contribution < -0.4 is 0 Å². The average molecular weight is 597 g/mol. The number of thioether (sulfide) groups is 2. The molecule has 0 N–H and O–H groups in total. The smallest absolute Gasteiger partial charge is 0.269 e. The molecule has 2 aliphatic heterocycles. The van der Waals surface area contributed by atoms with Gasteiger partial charge in [-0.1, -0.05) is 35.2 Å². The average Bonchev–Trinajstić information content (AvgIpc) is 3.27. The summed E-state index contributed by atoms with van der Waals surface area (Å²) in [4.78, 5) is 35.8. The minimum absolute atomic E-state index is 0.0605. The van der Waals surface area contributed by atoms with Gasteiger partial charge >= 0.3 is 0 Å². The number of nitro groups is 2. The Balaban J connectivity index is 1.57. The lowest BCUT2D eigenvalue weighted by Gasteiger charge is -2.34. The van der Waals surface area contributed by atoms with Gasteiger partial charge in [0.25, 0.3) is 11.4 Å². The van der Waals surface area contributed by atoms with Crippen LogP contribution in [0.15, 0.2) is 58.0 Å². The molecule has 0 spiro atoms. The van der Waals surface area contributed by atoms with Crippen molar-refractivity contribution in [3.05, 3.63) is 79.4 Å². The summed E-state index contributed by atoms with van der Waals surface area (Å²) >= 11 is 3.39. The maximum Gasteiger partial charge on any atom is 0.269 e. The highest BCUT2D eigenvalue weighted by Crippen LogP contribution is 2.42. The molecule has 0 aromatic heterocycles. The highest BCUT2D eigenvalue weighted by Gasteiger charge is 2.43. The zero-order valence-corrected chi connectivity index (χ0v) is 26.3. The number of hydrogen-bond acceptors (Lipinski definition) is 8. The van der Waals surface area contributed by atoms with E-state index in [1.165, 1.54) is 17.7 Å². The number of rotatable bonds is 7. The minimum Gasteiger partial charge on any atom is -0.348 e. The molecule has 2 fully saturated rings. The van der Waals surface area contributed by atoms with Gasteiger partial charge in [-0.2, -0.15) is 0 Å². The van der Waals surface area contributed by atoms with Crippen molar-refractivity contribution in [2.75, 3.05) is 19.3 Å². The largest absolute Gasteiger partial charge is 0.348 e. The first-order valence-electron chi connectivity index (χ1n) is 13.3. The van der Waals surface area contributed by atoms with E-state index in [4.69, 9.17) is 9.98 Å². The van der Waals surface area contributed by atoms with E-state index in [0.29, 0.717) is 6.54 Å². The molecule has 1 unspecified atom stereocenters. The van der Waals surface area contributed by atoms with Crippen LogP contribution in [0.25, 0.3) is 0 Å². The van der Waals surface area contributed by atoms with Crippen molar-refractivity contribution in [2.24, 2.45) is 9.98 Å². The second-order valence-electron chi connectivity index (χ2n) is 11.7. The quantitative estimate of drug-likeness (QED) is 0.184. The molecule has 0 bridgehead atoms. The molecule has 1 atom stereocenters. The summed E-state index contributed by atoms with van der Waals surface area (Å²) in [5.74, 6) is 0.892. The zero-order valence-electron chi connectivity index (χ0n) is 24.7. The Morgan fingerprint density at radius 2 is 1.49 bits per heavy atom. The highest BCUT2D eigenvalue weighted by molar-refractivity contribution is 8.15. The van der Waals surface area contributed by atoms with Crippen LogP contribution >= 0.6 is 23.5 Å². The Kier molecular flexibility index (Phi) is 8.56. The summed E-state index contributed by atoms with van der Waals surface area (Å²) in [5.41, 5.74) is 4.01. The molecule has 2 saturated heterocycles. The summed E-state index contributed by atoms with van der Waals surface area (Å²) in [6.07, 6.45) is 2.31. The number of aliphatic imine (C=N–C) groups is 2. The molecule has 2 aromatic rings. The highest BCUT2D eigenvalue weighted by atomic mass is 32.2.